The number of carbonyl (C=O) groups excluding carboxylic acids is 1. The van der Waals surface area contributed by atoms with Gasteiger partial charge in [-0.15, -0.1) is 0 Å². The summed E-state index contributed by atoms with van der Waals surface area (Å²) in [7, 11) is 0. The molecule has 1 amide bonds. The Morgan fingerprint density at radius 2 is 1.59 bits per heavy atom. The molecule has 0 aliphatic rings. The van der Waals surface area contributed by atoms with E-state index >= 15 is 0 Å². The van der Waals surface area contributed by atoms with E-state index in [0.717, 1.165) is 5.56 Å². The second-order valence-corrected chi connectivity index (χ2v) is 8.15. The van der Waals surface area contributed by atoms with E-state index in [4.69, 9.17) is 34.8 Å². The molecule has 0 aliphatic carbocycles. The maximum atomic E-state index is 13.3. The number of rotatable bonds is 6. The maximum Gasteiger partial charge on any atom is 0.284 e. The highest BCUT2D eigenvalue weighted by Crippen LogP contribution is 2.24. The van der Waals surface area contributed by atoms with Crippen molar-refractivity contribution in [1.82, 2.24) is 14.8 Å². The van der Waals surface area contributed by atoms with Crippen molar-refractivity contribution in [3.05, 3.63) is 116 Å². The Morgan fingerprint density at radius 1 is 0.875 bits per heavy atom. The van der Waals surface area contributed by atoms with Gasteiger partial charge in [0, 0.05) is 11.2 Å². The second kappa shape index (κ2) is 9.53. The predicted octanol–water partition coefficient (Wildman–Crippen LogP) is 5.40. The van der Waals surface area contributed by atoms with E-state index in [1.165, 1.54) is 10.9 Å². The van der Waals surface area contributed by atoms with Gasteiger partial charge in [-0.25, -0.2) is 4.68 Å². The molecular formula is C23H17Cl3N4O2. The van der Waals surface area contributed by atoms with Gasteiger partial charge in [-0.2, -0.15) is 0 Å². The van der Waals surface area contributed by atoms with Crippen LogP contribution >= 0.6 is 34.8 Å². The topological polar surface area (TPSA) is 68.1 Å². The third-order valence-corrected chi connectivity index (χ3v) is 5.58. The standard InChI is InChI=1S/C23H17Cl3N4O2/c24-16-10-11-21(19(26)12-16)30-23(32)17(14-29(30)13-15-6-2-1-3-7-15)22(31)28-27-20-9-5-4-8-18(20)25/h1-12,14,27H,13H2,(H,28,31). The molecule has 0 radical (unpaired) electrons. The summed E-state index contributed by atoms with van der Waals surface area (Å²) in [6.07, 6.45) is 1.49. The monoisotopic (exact) mass is 486 g/mol. The first kappa shape index (κ1) is 22.0. The molecule has 32 heavy (non-hydrogen) atoms. The van der Waals surface area contributed by atoms with Crippen LogP contribution in [0.5, 0.6) is 0 Å². The Hall–Kier alpha value is -3.19. The lowest BCUT2D eigenvalue weighted by Gasteiger charge is -2.13. The summed E-state index contributed by atoms with van der Waals surface area (Å²) in [6.45, 7) is 0.347. The van der Waals surface area contributed by atoms with Crippen LogP contribution in [0, 0.1) is 0 Å². The van der Waals surface area contributed by atoms with Crippen LogP contribution in [-0.4, -0.2) is 15.3 Å². The summed E-state index contributed by atoms with van der Waals surface area (Å²) < 4.78 is 2.99. The van der Waals surface area contributed by atoms with Gasteiger partial charge in [-0.3, -0.25) is 25.1 Å². The van der Waals surface area contributed by atoms with Crippen LogP contribution in [0.3, 0.4) is 0 Å². The van der Waals surface area contributed by atoms with Gasteiger partial charge in [-0.05, 0) is 35.9 Å². The number of anilines is 1. The lowest BCUT2D eigenvalue weighted by Crippen LogP contribution is -2.33. The quantitative estimate of drug-likeness (QED) is 0.358. The van der Waals surface area contributed by atoms with Crippen LogP contribution in [0.25, 0.3) is 5.69 Å². The van der Waals surface area contributed by atoms with Crippen molar-refractivity contribution in [3.63, 3.8) is 0 Å². The van der Waals surface area contributed by atoms with Gasteiger partial charge < -0.3 is 0 Å². The summed E-state index contributed by atoms with van der Waals surface area (Å²) in [4.78, 5) is 26.1. The lowest BCUT2D eigenvalue weighted by atomic mass is 10.2. The Kier molecular flexibility index (Phi) is 6.55. The molecule has 0 atom stereocenters. The van der Waals surface area contributed by atoms with Crippen molar-refractivity contribution in [3.8, 4) is 5.69 Å². The minimum Gasteiger partial charge on any atom is -0.297 e. The summed E-state index contributed by atoms with van der Waals surface area (Å²) >= 11 is 18.5. The first-order chi connectivity index (χ1) is 15.4. The highest BCUT2D eigenvalue weighted by Gasteiger charge is 2.21. The number of hydrogen-bond acceptors (Lipinski definition) is 3. The number of halogens is 3. The largest absolute Gasteiger partial charge is 0.297 e. The zero-order valence-electron chi connectivity index (χ0n) is 16.6. The number of nitrogens with zero attached hydrogens (tertiary/aromatic N) is 2. The van der Waals surface area contributed by atoms with Gasteiger partial charge in [0.1, 0.15) is 5.56 Å². The molecule has 1 heterocycles. The molecule has 0 saturated carbocycles. The lowest BCUT2D eigenvalue weighted by molar-refractivity contribution is 0.0961. The minimum atomic E-state index is -0.611. The fraction of sp³-hybridized carbons (Fsp3) is 0.0435. The molecule has 4 rings (SSSR count). The van der Waals surface area contributed by atoms with E-state index in [9.17, 15) is 9.59 Å². The van der Waals surface area contributed by atoms with E-state index in [0.29, 0.717) is 28.0 Å². The number of nitrogens with one attached hydrogen (secondary N) is 2. The zero-order valence-corrected chi connectivity index (χ0v) is 18.8. The number of carbonyl (C=O) groups is 1. The molecule has 0 fully saturated rings. The van der Waals surface area contributed by atoms with Crippen LogP contribution in [-0.2, 0) is 6.54 Å². The highest BCUT2D eigenvalue weighted by atomic mass is 35.5. The smallest absolute Gasteiger partial charge is 0.284 e. The maximum absolute atomic E-state index is 13.3. The van der Waals surface area contributed by atoms with Crippen LogP contribution < -0.4 is 16.4 Å². The average molecular weight is 488 g/mol. The molecule has 0 saturated heterocycles. The summed E-state index contributed by atoms with van der Waals surface area (Å²) in [6, 6.07) is 21.3. The van der Waals surface area contributed by atoms with E-state index in [1.807, 2.05) is 30.3 Å². The summed E-state index contributed by atoms with van der Waals surface area (Å²) in [5.74, 6) is -0.611. The molecule has 0 bridgehead atoms. The minimum absolute atomic E-state index is 0.0634. The van der Waals surface area contributed by atoms with Gasteiger partial charge in [0.25, 0.3) is 11.5 Å². The van der Waals surface area contributed by atoms with Crippen LogP contribution in [0.1, 0.15) is 15.9 Å². The second-order valence-electron chi connectivity index (χ2n) is 6.90. The Balaban J connectivity index is 1.72. The van der Waals surface area contributed by atoms with Crippen LogP contribution in [0.4, 0.5) is 5.69 Å². The molecule has 162 valence electrons. The molecule has 3 aromatic carbocycles. The van der Waals surface area contributed by atoms with Crippen molar-refractivity contribution in [2.75, 3.05) is 5.43 Å². The SMILES string of the molecule is O=C(NNc1ccccc1Cl)c1cn(Cc2ccccc2)n(-c2ccc(Cl)cc2Cl)c1=O. The predicted molar refractivity (Wildman–Crippen MR) is 128 cm³/mol. The number of aromatic nitrogens is 2. The van der Waals surface area contributed by atoms with Crippen molar-refractivity contribution in [2.45, 2.75) is 6.54 Å². The van der Waals surface area contributed by atoms with Crippen LogP contribution in [0.15, 0.2) is 83.8 Å². The van der Waals surface area contributed by atoms with E-state index in [1.54, 1.807) is 47.1 Å². The normalized spacial score (nSPS) is 10.7. The average Bonchev–Trinajstić information content (AvgIpc) is 3.09. The molecule has 1 aromatic heterocycles. The Morgan fingerprint density at radius 3 is 2.31 bits per heavy atom. The summed E-state index contributed by atoms with van der Waals surface area (Å²) in [5, 5.41) is 1.16. The fourth-order valence-corrected chi connectivity index (χ4v) is 3.86. The highest BCUT2D eigenvalue weighted by molar-refractivity contribution is 6.35. The molecular weight excluding hydrogens is 471 g/mol. The number of hydrogen-bond donors (Lipinski definition) is 2. The molecule has 0 aliphatic heterocycles. The zero-order chi connectivity index (χ0) is 22.7. The third kappa shape index (κ3) is 4.67. The van der Waals surface area contributed by atoms with Crippen molar-refractivity contribution in [2.24, 2.45) is 0 Å². The Labute approximate surface area is 198 Å². The van der Waals surface area contributed by atoms with Crippen molar-refractivity contribution in [1.29, 1.82) is 0 Å². The van der Waals surface area contributed by atoms with Gasteiger partial charge in [0.2, 0.25) is 0 Å². The van der Waals surface area contributed by atoms with Gasteiger partial charge in [0.05, 0.1) is 28.0 Å². The van der Waals surface area contributed by atoms with Gasteiger partial charge in [0.15, 0.2) is 0 Å². The molecule has 9 heteroatoms. The van der Waals surface area contributed by atoms with Crippen LogP contribution in [0.2, 0.25) is 15.1 Å². The molecule has 0 unspecified atom stereocenters. The number of amides is 1. The number of benzene rings is 3. The van der Waals surface area contributed by atoms with Gasteiger partial charge in [-0.1, -0.05) is 77.3 Å². The third-order valence-electron chi connectivity index (χ3n) is 4.71. The number of hydrazine groups is 1. The molecule has 6 nitrogen and oxygen atoms in total. The van der Waals surface area contributed by atoms with Gasteiger partial charge >= 0.3 is 0 Å². The van der Waals surface area contributed by atoms with E-state index < -0.39 is 11.5 Å². The van der Waals surface area contributed by atoms with Crippen molar-refractivity contribution < 1.29 is 4.79 Å². The van der Waals surface area contributed by atoms with E-state index in [-0.39, 0.29) is 10.6 Å². The fourth-order valence-electron chi connectivity index (χ4n) is 3.19. The van der Waals surface area contributed by atoms with E-state index in [2.05, 4.69) is 10.9 Å². The van der Waals surface area contributed by atoms with Crippen molar-refractivity contribution >= 4 is 46.4 Å². The molecule has 2 N–H and O–H groups in total. The molecule has 0 spiro atoms. The number of para-hydroxylation sites is 1. The molecule has 4 aromatic rings. The first-order valence-corrected chi connectivity index (χ1v) is 10.7. The summed E-state index contributed by atoms with van der Waals surface area (Å²) in [5.41, 5.74) is 6.54. The first-order valence-electron chi connectivity index (χ1n) is 9.57. The Bertz CT molecular complexity index is 1330.